The molecule has 0 aromatic carbocycles. The molecule has 16 heavy (non-hydrogen) atoms. The van der Waals surface area contributed by atoms with Crippen LogP contribution < -0.4 is 5.69 Å². The van der Waals surface area contributed by atoms with Gasteiger partial charge < -0.3 is 4.74 Å². The molecule has 0 saturated carbocycles. The van der Waals surface area contributed by atoms with Gasteiger partial charge in [0.1, 0.15) is 4.64 Å². The zero-order chi connectivity index (χ0) is 12.3. The van der Waals surface area contributed by atoms with Crippen LogP contribution in [0.2, 0.25) is 0 Å². The molecule has 0 radical (unpaired) electrons. The van der Waals surface area contributed by atoms with Crippen molar-refractivity contribution < 1.29 is 4.74 Å². The average molecular weight is 242 g/mol. The quantitative estimate of drug-likeness (QED) is 0.823. The van der Waals surface area contributed by atoms with Crippen LogP contribution in [0.5, 0.6) is 0 Å². The molecular weight excluding hydrogens is 224 g/mol. The largest absolute Gasteiger partial charge is 0.383 e. The summed E-state index contributed by atoms with van der Waals surface area (Å²) in [6, 6.07) is 1.84. The minimum absolute atomic E-state index is 0.116. The first-order valence-corrected chi connectivity index (χ1v) is 5.60. The van der Waals surface area contributed by atoms with Gasteiger partial charge >= 0.3 is 5.69 Å². The van der Waals surface area contributed by atoms with Crippen LogP contribution in [-0.2, 0) is 16.7 Å². The molecular formula is C11H18N2O2S. The maximum atomic E-state index is 11.8. The summed E-state index contributed by atoms with van der Waals surface area (Å²) in [6.07, 6.45) is 0. The summed E-state index contributed by atoms with van der Waals surface area (Å²) in [7, 11) is 1.62. The van der Waals surface area contributed by atoms with Crippen molar-refractivity contribution in [3.8, 4) is 0 Å². The van der Waals surface area contributed by atoms with E-state index in [9.17, 15) is 4.79 Å². The molecule has 1 heterocycles. The predicted octanol–water partition coefficient (Wildman–Crippen LogP) is 1.85. The fourth-order valence-corrected chi connectivity index (χ4v) is 1.75. The van der Waals surface area contributed by atoms with Crippen LogP contribution in [0.4, 0.5) is 0 Å². The van der Waals surface area contributed by atoms with Crippen molar-refractivity contribution >= 4 is 12.2 Å². The topological polar surface area (TPSA) is 47.0 Å². The van der Waals surface area contributed by atoms with Crippen LogP contribution in [0.15, 0.2) is 10.9 Å². The molecule has 1 N–H and O–H groups in total. The Morgan fingerprint density at radius 2 is 2.12 bits per heavy atom. The lowest BCUT2D eigenvalue weighted by molar-refractivity contribution is 0.183. The van der Waals surface area contributed by atoms with Crippen LogP contribution in [0, 0.1) is 4.64 Å². The van der Waals surface area contributed by atoms with E-state index in [1.807, 2.05) is 6.07 Å². The second kappa shape index (κ2) is 4.93. The van der Waals surface area contributed by atoms with Gasteiger partial charge in [0, 0.05) is 18.2 Å². The normalized spacial score (nSPS) is 11.8. The van der Waals surface area contributed by atoms with Crippen molar-refractivity contribution in [1.29, 1.82) is 0 Å². The van der Waals surface area contributed by atoms with Crippen molar-refractivity contribution in [2.75, 3.05) is 13.7 Å². The Morgan fingerprint density at radius 3 is 2.62 bits per heavy atom. The SMILES string of the molecule is COCCn1c(C(C)(C)C)cc(=S)[nH]c1=O. The Kier molecular flexibility index (Phi) is 4.04. The lowest BCUT2D eigenvalue weighted by atomic mass is 9.91. The van der Waals surface area contributed by atoms with Gasteiger partial charge in [-0.3, -0.25) is 9.55 Å². The first kappa shape index (κ1) is 13.1. The monoisotopic (exact) mass is 242 g/mol. The van der Waals surface area contributed by atoms with Gasteiger partial charge in [-0.15, -0.1) is 0 Å². The molecule has 0 aliphatic rings. The smallest absolute Gasteiger partial charge is 0.326 e. The molecule has 0 atom stereocenters. The van der Waals surface area contributed by atoms with Gasteiger partial charge in [-0.05, 0) is 6.07 Å². The van der Waals surface area contributed by atoms with E-state index in [0.29, 0.717) is 17.8 Å². The maximum absolute atomic E-state index is 11.8. The van der Waals surface area contributed by atoms with Gasteiger partial charge in [0.05, 0.1) is 13.2 Å². The third kappa shape index (κ3) is 3.02. The number of ether oxygens (including phenoxy) is 1. The second-order valence-corrected chi connectivity index (χ2v) is 5.16. The predicted molar refractivity (Wildman–Crippen MR) is 66.5 cm³/mol. The van der Waals surface area contributed by atoms with Crippen molar-refractivity contribution in [2.45, 2.75) is 32.7 Å². The Labute approximate surface area is 100 Å². The third-order valence-corrected chi connectivity index (χ3v) is 2.54. The molecule has 90 valence electrons. The fraction of sp³-hybridized carbons (Fsp3) is 0.636. The molecule has 5 heteroatoms. The summed E-state index contributed by atoms with van der Waals surface area (Å²) >= 11 is 5.03. The van der Waals surface area contributed by atoms with Gasteiger partial charge in [0.15, 0.2) is 0 Å². The van der Waals surface area contributed by atoms with Gasteiger partial charge in [-0.2, -0.15) is 0 Å². The Morgan fingerprint density at radius 1 is 1.50 bits per heavy atom. The first-order chi connectivity index (χ1) is 7.36. The van der Waals surface area contributed by atoms with E-state index in [4.69, 9.17) is 17.0 Å². The fourth-order valence-electron chi connectivity index (χ4n) is 1.55. The molecule has 1 rings (SSSR count). The Bertz CT molecular complexity index is 468. The third-order valence-electron chi connectivity index (χ3n) is 2.32. The molecule has 1 aromatic rings. The van der Waals surface area contributed by atoms with E-state index in [1.54, 1.807) is 11.7 Å². The number of nitrogens with one attached hydrogen (secondary N) is 1. The molecule has 0 amide bonds. The van der Waals surface area contributed by atoms with Crippen LogP contribution in [0.3, 0.4) is 0 Å². The van der Waals surface area contributed by atoms with Gasteiger partial charge in [-0.1, -0.05) is 33.0 Å². The zero-order valence-electron chi connectivity index (χ0n) is 10.2. The molecule has 0 aliphatic heterocycles. The molecule has 0 unspecified atom stereocenters. The number of aromatic amines is 1. The molecule has 0 bridgehead atoms. The summed E-state index contributed by atoms with van der Waals surface area (Å²) in [5.41, 5.74) is 0.642. The van der Waals surface area contributed by atoms with Gasteiger partial charge in [0.25, 0.3) is 0 Å². The number of methoxy groups -OCH3 is 1. The van der Waals surface area contributed by atoms with Crippen LogP contribution >= 0.6 is 12.2 Å². The second-order valence-electron chi connectivity index (χ2n) is 4.72. The van der Waals surface area contributed by atoms with Crippen LogP contribution in [0.1, 0.15) is 26.5 Å². The molecule has 0 fully saturated rings. The van der Waals surface area contributed by atoms with Crippen molar-refractivity contribution in [3.63, 3.8) is 0 Å². The minimum Gasteiger partial charge on any atom is -0.383 e. The molecule has 1 aromatic heterocycles. The van der Waals surface area contributed by atoms with Crippen LogP contribution in [0.25, 0.3) is 0 Å². The summed E-state index contributed by atoms with van der Waals surface area (Å²) in [6.45, 7) is 7.21. The number of hydrogen-bond donors (Lipinski definition) is 1. The number of hydrogen-bond acceptors (Lipinski definition) is 3. The number of rotatable bonds is 3. The maximum Gasteiger partial charge on any atom is 0.326 e. The lowest BCUT2D eigenvalue weighted by Gasteiger charge is -2.23. The summed E-state index contributed by atoms with van der Waals surface area (Å²) in [4.78, 5) is 14.4. The average Bonchev–Trinajstić information content (AvgIpc) is 2.14. The van der Waals surface area contributed by atoms with Crippen LogP contribution in [-0.4, -0.2) is 23.3 Å². The number of nitrogens with zero attached hydrogens (tertiary/aromatic N) is 1. The lowest BCUT2D eigenvalue weighted by Crippen LogP contribution is -2.32. The number of H-pyrrole nitrogens is 1. The first-order valence-electron chi connectivity index (χ1n) is 5.20. The highest BCUT2D eigenvalue weighted by atomic mass is 32.1. The molecule has 4 nitrogen and oxygen atoms in total. The molecule has 0 spiro atoms. The summed E-state index contributed by atoms with van der Waals surface area (Å²) < 4.78 is 7.15. The van der Waals surface area contributed by atoms with Gasteiger partial charge in [-0.25, -0.2) is 4.79 Å². The number of aromatic nitrogens is 2. The van der Waals surface area contributed by atoms with Crippen molar-refractivity contribution in [3.05, 3.63) is 26.9 Å². The molecule has 0 aliphatic carbocycles. The van der Waals surface area contributed by atoms with Crippen molar-refractivity contribution in [1.82, 2.24) is 9.55 Å². The van der Waals surface area contributed by atoms with E-state index in [1.165, 1.54) is 0 Å². The molecule has 0 saturated heterocycles. The minimum atomic E-state index is -0.172. The Balaban J connectivity index is 3.33. The standard InChI is InChI=1S/C11H18N2O2S/c1-11(2,3)8-7-9(16)12-10(14)13(8)5-6-15-4/h7H,5-6H2,1-4H3,(H,12,14,16). The Hall–Kier alpha value is -0.940. The highest BCUT2D eigenvalue weighted by Gasteiger charge is 2.19. The summed E-state index contributed by atoms with van der Waals surface area (Å²) in [5, 5.41) is 0. The van der Waals surface area contributed by atoms with Crippen molar-refractivity contribution in [2.24, 2.45) is 0 Å². The van der Waals surface area contributed by atoms with E-state index in [-0.39, 0.29) is 11.1 Å². The van der Waals surface area contributed by atoms with Gasteiger partial charge in [0.2, 0.25) is 0 Å². The van der Waals surface area contributed by atoms with E-state index >= 15 is 0 Å². The zero-order valence-corrected chi connectivity index (χ0v) is 11.0. The highest BCUT2D eigenvalue weighted by molar-refractivity contribution is 7.71. The van der Waals surface area contributed by atoms with E-state index in [0.717, 1.165) is 5.69 Å². The summed E-state index contributed by atoms with van der Waals surface area (Å²) in [5.74, 6) is 0. The van der Waals surface area contributed by atoms with E-state index < -0.39 is 0 Å². The van der Waals surface area contributed by atoms with E-state index in [2.05, 4.69) is 25.8 Å². The highest BCUT2D eigenvalue weighted by Crippen LogP contribution is 2.20.